The summed E-state index contributed by atoms with van der Waals surface area (Å²) in [5, 5.41) is 7.07. The van der Waals surface area contributed by atoms with Gasteiger partial charge in [0.2, 0.25) is 0 Å². The van der Waals surface area contributed by atoms with Gasteiger partial charge >= 0.3 is 0 Å². The summed E-state index contributed by atoms with van der Waals surface area (Å²) in [6.45, 7) is 1.85. The van der Waals surface area contributed by atoms with Gasteiger partial charge in [0.15, 0.2) is 0 Å². The maximum absolute atomic E-state index is 11.2. The van der Waals surface area contributed by atoms with Crippen molar-refractivity contribution in [1.29, 1.82) is 0 Å². The van der Waals surface area contributed by atoms with Gasteiger partial charge in [0.05, 0.1) is 10.0 Å². The number of nitrogens with zero attached hydrogens (tertiary/aromatic N) is 1. The van der Waals surface area contributed by atoms with E-state index in [0.29, 0.717) is 11.1 Å². The van der Waals surface area contributed by atoms with Crippen LogP contribution in [0.5, 0.6) is 0 Å². The Kier molecular flexibility index (Phi) is 7.71. The summed E-state index contributed by atoms with van der Waals surface area (Å²) in [5.41, 5.74) is 7.76. The first-order valence-electron chi connectivity index (χ1n) is 5.12. The van der Waals surface area contributed by atoms with E-state index in [1.807, 2.05) is 6.92 Å². The summed E-state index contributed by atoms with van der Waals surface area (Å²) in [4.78, 5) is 3.87. The summed E-state index contributed by atoms with van der Waals surface area (Å²) in [6.07, 6.45) is 1.55. The number of nitrogens with one attached hydrogen (secondary N) is 1. The maximum atomic E-state index is 11.2. The number of hydrogen-bond donors (Lipinski definition) is 1. The molecule has 0 aliphatic rings. The molecule has 0 bridgehead atoms. The van der Waals surface area contributed by atoms with E-state index < -0.39 is 10.0 Å². The van der Waals surface area contributed by atoms with Crippen molar-refractivity contribution in [2.24, 2.45) is 0 Å². The van der Waals surface area contributed by atoms with Crippen LogP contribution in [0.4, 0.5) is 5.82 Å². The first kappa shape index (κ1) is 19.9. The average molecular weight is 534 g/mol. The Hall–Kier alpha value is -0.128. The van der Waals surface area contributed by atoms with Crippen molar-refractivity contribution in [1.82, 2.24) is 4.98 Å². The van der Waals surface area contributed by atoms with Crippen molar-refractivity contribution in [2.75, 3.05) is 5.73 Å². The van der Waals surface area contributed by atoms with Crippen molar-refractivity contribution in [3.05, 3.63) is 47.2 Å². The van der Waals surface area contributed by atoms with E-state index in [9.17, 15) is 8.42 Å². The molecule has 2 aromatic rings. The number of aromatic nitrogens is 1. The number of nitrogen functional groups attached to an aromatic ring is 1. The predicted octanol–water partition coefficient (Wildman–Crippen LogP) is 2.18. The number of pyridine rings is 1. The summed E-state index contributed by atoms with van der Waals surface area (Å²) < 4.78 is 22.4. The molecule has 8 heteroatoms. The molecule has 0 fully saturated rings. The zero-order valence-electron chi connectivity index (χ0n) is 10.6. The molecule has 2 rings (SSSR count). The Labute approximate surface area is 157 Å². The molecule has 1 aromatic carbocycles. The predicted molar refractivity (Wildman–Crippen MR) is 69.2 cm³/mol. The van der Waals surface area contributed by atoms with Gasteiger partial charge in [0, 0.05) is 64.5 Å². The smallest absolute Gasteiger partial charge is 0.0986 e. The molecule has 0 unspecified atom stereocenters. The second-order valence-electron chi connectivity index (χ2n) is 3.87. The third-order valence-corrected chi connectivity index (χ3v) is 3.42. The minimum absolute atomic E-state index is 0. The minimum Gasteiger partial charge on any atom is -0.560 e. The number of benzene rings is 1. The van der Waals surface area contributed by atoms with Crippen LogP contribution >= 0.6 is 0 Å². The van der Waals surface area contributed by atoms with Crippen LogP contribution < -0.4 is 5.73 Å². The second-order valence-corrected chi connectivity index (χ2v) is 5.35. The van der Waals surface area contributed by atoms with E-state index in [1.165, 1.54) is 12.1 Å². The zero-order chi connectivity index (χ0) is 13.3. The number of aryl methyl sites for hydroxylation is 1. The van der Waals surface area contributed by atoms with Gasteiger partial charge in [-0.25, -0.2) is 20.6 Å². The van der Waals surface area contributed by atoms with Crippen LogP contribution in [0.25, 0.3) is 16.3 Å². The van der Waals surface area contributed by atoms with Crippen LogP contribution in [0.3, 0.4) is 0 Å². The van der Waals surface area contributed by atoms with Gasteiger partial charge in [-0.05, 0) is 19.2 Å². The topological polar surface area (TPSA) is 96.9 Å². The maximum Gasteiger partial charge on any atom is 0.0986 e. The Morgan fingerprint density at radius 1 is 1.35 bits per heavy atom. The van der Waals surface area contributed by atoms with Crippen LogP contribution in [-0.4, -0.2) is 13.4 Å². The molecule has 103 valence electrons. The molecule has 0 aliphatic heterocycles. The van der Waals surface area contributed by atoms with E-state index in [1.54, 1.807) is 18.3 Å². The van der Waals surface area contributed by atoms with Gasteiger partial charge in [-0.3, -0.25) is 4.98 Å². The zero-order valence-corrected chi connectivity index (χ0v) is 17.2. The quantitative estimate of drug-likeness (QED) is 0.598. The number of hydrogen-bond acceptors (Lipinski definition) is 4. The summed E-state index contributed by atoms with van der Waals surface area (Å²) in [7, 11) is -3.96. The molecular formula is C12H11N3O2SWY-2. The van der Waals surface area contributed by atoms with Crippen LogP contribution in [0.15, 0.2) is 35.4 Å². The van der Waals surface area contributed by atoms with Crippen molar-refractivity contribution in [3.8, 4) is 11.1 Å². The Morgan fingerprint density at radius 2 is 2.00 bits per heavy atom. The van der Waals surface area contributed by atoms with E-state index in [4.69, 9.17) is 10.9 Å². The second kappa shape index (κ2) is 7.76. The van der Waals surface area contributed by atoms with Crippen LogP contribution in [0.2, 0.25) is 0 Å². The number of sulfonamides is 1. The summed E-state index contributed by atoms with van der Waals surface area (Å²) >= 11 is 0. The number of anilines is 1. The summed E-state index contributed by atoms with van der Waals surface area (Å²) in [6, 6.07) is 8.93. The minimum atomic E-state index is -3.96. The summed E-state index contributed by atoms with van der Waals surface area (Å²) in [5.74, 6) is 0.278. The normalized spacial score (nSPS) is 10.3. The fraction of sp³-hybridized carbons (Fsp3) is 0.0833. The largest absolute Gasteiger partial charge is 0.560 e. The Bertz CT molecular complexity index is 690. The van der Waals surface area contributed by atoms with Gasteiger partial charge < -0.3 is 10.9 Å². The van der Waals surface area contributed by atoms with Crippen LogP contribution in [-0.2, 0) is 63.8 Å². The third-order valence-electron chi connectivity index (χ3n) is 2.55. The van der Waals surface area contributed by atoms with Gasteiger partial charge in [-0.15, -0.1) is 5.56 Å². The van der Waals surface area contributed by atoms with Crippen LogP contribution in [0.1, 0.15) is 5.56 Å². The van der Waals surface area contributed by atoms with Crippen molar-refractivity contribution >= 4 is 15.8 Å². The van der Waals surface area contributed by atoms with Crippen molar-refractivity contribution in [2.45, 2.75) is 11.8 Å². The fourth-order valence-electron chi connectivity index (χ4n) is 1.59. The molecule has 0 spiro atoms. The van der Waals surface area contributed by atoms with Gasteiger partial charge in [0.25, 0.3) is 0 Å². The SMILES string of the molecule is Cc1ccc(S([NH-])(=O)=O)cc1-c1c[c-]c(N)nc1.[W].[Y]. The molecule has 0 saturated carbocycles. The average Bonchev–Trinajstić information content (AvgIpc) is 2.29. The van der Waals surface area contributed by atoms with Crippen LogP contribution in [0, 0.1) is 13.0 Å². The Balaban J connectivity index is 0.00000180. The molecule has 1 aromatic heterocycles. The van der Waals surface area contributed by atoms with E-state index in [2.05, 4.69) is 11.1 Å². The van der Waals surface area contributed by atoms with E-state index >= 15 is 0 Å². The van der Waals surface area contributed by atoms with E-state index in [-0.39, 0.29) is 64.5 Å². The van der Waals surface area contributed by atoms with Crippen molar-refractivity contribution in [3.63, 3.8) is 0 Å². The molecule has 1 radical (unpaired) electrons. The monoisotopic (exact) mass is 534 g/mol. The number of rotatable bonds is 2. The molecule has 20 heavy (non-hydrogen) atoms. The van der Waals surface area contributed by atoms with Crippen molar-refractivity contribution < 1.29 is 62.2 Å². The molecule has 5 nitrogen and oxygen atoms in total. The molecule has 3 N–H and O–H groups in total. The van der Waals surface area contributed by atoms with Gasteiger partial charge in [-0.1, -0.05) is 23.3 Å². The molecule has 0 aliphatic carbocycles. The van der Waals surface area contributed by atoms with E-state index in [0.717, 1.165) is 5.56 Å². The van der Waals surface area contributed by atoms with Gasteiger partial charge in [-0.2, -0.15) is 0 Å². The third kappa shape index (κ3) is 4.71. The molecule has 0 amide bonds. The first-order valence-corrected chi connectivity index (χ1v) is 6.60. The Morgan fingerprint density at radius 3 is 2.50 bits per heavy atom. The number of nitrogens with two attached hydrogens (primary N) is 1. The molecule has 0 saturated heterocycles. The van der Waals surface area contributed by atoms with Gasteiger partial charge in [0.1, 0.15) is 0 Å². The first-order chi connectivity index (χ1) is 8.38. The standard InChI is InChI=1S/C12H11N3O2S.W.Y/c1-8-2-4-10(18(14,16)17)6-11(8)9-3-5-12(13)15-7-9;;/h2-4,6-7H,1H3,(H3-,13,14,15,16,17);;/q-2;;. The fourth-order valence-corrected chi connectivity index (χ4v) is 2.11. The molecule has 0 atom stereocenters. The molecular weight excluding hydrogens is 523 g/mol. The molecule has 1 heterocycles.